The Morgan fingerprint density at radius 1 is 1.16 bits per heavy atom. The molecule has 7 heteroatoms. The quantitative estimate of drug-likeness (QED) is 0.511. The van der Waals surface area contributed by atoms with Crippen LogP contribution in [0.1, 0.15) is 29.8 Å². The molecule has 0 radical (unpaired) electrons. The smallest absolute Gasteiger partial charge is 0.267 e. The minimum absolute atomic E-state index is 0.136. The maximum Gasteiger partial charge on any atom is 0.267 e. The molecule has 2 aromatic carbocycles. The van der Waals surface area contributed by atoms with Gasteiger partial charge in [0.15, 0.2) is 0 Å². The predicted octanol–water partition coefficient (Wildman–Crippen LogP) is 3.92. The van der Waals surface area contributed by atoms with E-state index in [1.165, 1.54) is 12.1 Å². The molecule has 31 heavy (non-hydrogen) atoms. The van der Waals surface area contributed by atoms with Gasteiger partial charge in [-0.3, -0.25) is 4.79 Å². The standard InChI is InChI=1S/C24H28FN3O3/c25-19-1-4-21(5-2-19)31-14-9-17-7-11-28(12-8-17)13-10-26-24(30)23-16-18-15-20(29)3-6-22(18)27-23/h1-6,15-17,27,29H,7-14H2,(H,26,30). The molecule has 1 fully saturated rings. The second-order valence-electron chi connectivity index (χ2n) is 8.09. The minimum Gasteiger partial charge on any atom is -0.508 e. The first-order chi connectivity index (χ1) is 15.1. The minimum atomic E-state index is -0.252. The molecule has 3 aromatic rings. The Hall–Kier alpha value is -3.06. The first kappa shape index (κ1) is 21.2. The lowest BCUT2D eigenvalue weighted by Crippen LogP contribution is -2.39. The van der Waals surface area contributed by atoms with Crippen LogP contribution in [0.3, 0.4) is 0 Å². The normalized spacial score (nSPS) is 15.3. The van der Waals surface area contributed by atoms with Crippen LogP contribution in [-0.4, -0.2) is 53.7 Å². The molecule has 1 aromatic heterocycles. The second kappa shape index (κ2) is 9.83. The number of piperidine rings is 1. The van der Waals surface area contributed by atoms with E-state index in [0.29, 0.717) is 30.5 Å². The molecule has 1 amide bonds. The Morgan fingerprint density at radius 3 is 2.71 bits per heavy atom. The summed E-state index contributed by atoms with van der Waals surface area (Å²) in [5.74, 6) is 1.14. The molecule has 1 saturated heterocycles. The van der Waals surface area contributed by atoms with Crippen molar-refractivity contribution in [2.45, 2.75) is 19.3 Å². The number of likely N-dealkylation sites (tertiary alicyclic amines) is 1. The summed E-state index contributed by atoms with van der Waals surface area (Å²) in [5, 5.41) is 13.3. The number of amides is 1. The van der Waals surface area contributed by atoms with Crippen LogP contribution >= 0.6 is 0 Å². The SMILES string of the molecule is O=C(NCCN1CCC(CCOc2ccc(F)cc2)CC1)c1cc2cc(O)ccc2[nH]1. The van der Waals surface area contributed by atoms with Gasteiger partial charge in [0.2, 0.25) is 0 Å². The maximum absolute atomic E-state index is 12.9. The molecule has 0 unspecified atom stereocenters. The monoisotopic (exact) mass is 425 g/mol. The summed E-state index contributed by atoms with van der Waals surface area (Å²) < 4.78 is 18.6. The number of phenolic OH excluding ortho intramolecular Hbond substituents is 1. The first-order valence-corrected chi connectivity index (χ1v) is 10.8. The van der Waals surface area contributed by atoms with Gasteiger partial charge < -0.3 is 25.0 Å². The number of phenols is 1. The van der Waals surface area contributed by atoms with Crippen LogP contribution in [0.25, 0.3) is 10.9 Å². The molecule has 1 aliphatic heterocycles. The van der Waals surface area contributed by atoms with Crippen molar-refractivity contribution < 1.29 is 19.0 Å². The summed E-state index contributed by atoms with van der Waals surface area (Å²) in [7, 11) is 0. The molecular weight excluding hydrogens is 397 g/mol. The third-order valence-electron chi connectivity index (χ3n) is 5.88. The average molecular weight is 426 g/mol. The maximum atomic E-state index is 12.9. The van der Waals surface area contributed by atoms with Crippen molar-refractivity contribution in [2.24, 2.45) is 5.92 Å². The molecule has 6 nitrogen and oxygen atoms in total. The van der Waals surface area contributed by atoms with Gasteiger partial charge in [-0.05, 0) is 86.8 Å². The molecule has 0 aliphatic carbocycles. The molecule has 0 saturated carbocycles. The van der Waals surface area contributed by atoms with Crippen LogP contribution in [-0.2, 0) is 0 Å². The molecule has 2 heterocycles. The van der Waals surface area contributed by atoms with Crippen molar-refractivity contribution >= 4 is 16.8 Å². The van der Waals surface area contributed by atoms with Gasteiger partial charge in [0.05, 0.1) is 6.61 Å². The van der Waals surface area contributed by atoms with Gasteiger partial charge >= 0.3 is 0 Å². The first-order valence-electron chi connectivity index (χ1n) is 10.8. The third kappa shape index (κ3) is 5.76. The Morgan fingerprint density at radius 2 is 1.94 bits per heavy atom. The molecular formula is C24H28FN3O3. The lowest BCUT2D eigenvalue weighted by atomic mass is 9.94. The van der Waals surface area contributed by atoms with Crippen molar-refractivity contribution in [1.29, 1.82) is 0 Å². The summed E-state index contributed by atoms with van der Waals surface area (Å²) in [5.41, 5.74) is 1.33. The number of fused-ring (bicyclic) bond motifs is 1. The molecule has 1 aliphatic rings. The Balaban J connectivity index is 1.13. The lowest BCUT2D eigenvalue weighted by molar-refractivity contribution is 0.0938. The number of H-pyrrole nitrogens is 1. The molecule has 164 valence electrons. The average Bonchev–Trinajstić information content (AvgIpc) is 3.19. The van der Waals surface area contributed by atoms with E-state index in [4.69, 9.17) is 4.74 Å². The highest BCUT2D eigenvalue weighted by Crippen LogP contribution is 2.22. The van der Waals surface area contributed by atoms with Gasteiger partial charge in [-0.25, -0.2) is 4.39 Å². The van der Waals surface area contributed by atoms with Crippen molar-refractivity contribution in [3.05, 3.63) is 60.0 Å². The fourth-order valence-corrected chi connectivity index (χ4v) is 4.04. The van der Waals surface area contributed by atoms with E-state index >= 15 is 0 Å². The number of benzene rings is 2. The third-order valence-corrected chi connectivity index (χ3v) is 5.88. The number of carbonyl (C=O) groups is 1. The molecule has 0 atom stereocenters. The Labute approximate surface area is 181 Å². The zero-order valence-electron chi connectivity index (χ0n) is 17.4. The number of hydrogen-bond donors (Lipinski definition) is 3. The van der Waals surface area contributed by atoms with Crippen molar-refractivity contribution in [2.75, 3.05) is 32.8 Å². The number of aromatic amines is 1. The number of carbonyl (C=O) groups excluding carboxylic acids is 1. The number of halogens is 1. The second-order valence-corrected chi connectivity index (χ2v) is 8.09. The zero-order chi connectivity index (χ0) is 21.6. The van der Waals surface area contributed by atoms with E-state index in [9.17, 15) is 14.3 Å². The summed E-state index contributed by atoms with van der Waals surface area (Å²) in [6, 6.07) is 12.9. The van der Waals surface area contributed by atoms with Gasteiger partial charge in [-0.2, -0.15) is 0 Å². The van der Waals surface area contributed by atoms with Crippen LogP contribution in [0.5, 0.6) is 11.5 Å². The van der Waals surface area contributed by atoms with E-state index in [0.717, 1.165) is 49.8 Å². The summed E-state index contributed by atoms with van der Waals surface area (Å²) in [4.78, 5) is 17.8. The number of aromatic hydroxyl groups is 1. The van der Waals surface area contributed by atoms with E-state index in [-0.39, 0.29) is 17.5 Å². The lowest BCUT2D eigenvalue weighted by Gasteiger charge is -2.31. The molecule has 0 bridgehead atoms. The molecule has 0 spiro atoms. The van der Waals surface area contributed by atoms with E-state index in [1.807, 2.05) is 0 Å². The van der Waals surface area contributed by atoms with E-state index in [2.05, 4.69) is 15.2 Å². The number of nitrogens with zero attached hydrogens (tertiary/aromatic N) is 1. The van der Waals surface area contributed by atoms with Gasteiger partial charge in [0.25, 0.3) is 5.91 Å². The van der Waals surface area contributed by atoms with Crippen LogP contribution < -0.4 is 10.1 Å². The van der Waals surface area contributed by atoms with Crippen LogP contribution in [0.15, 0.2) is 48.5 Å². The van der Waals surface area contributed by atoms with E-state index in [1.54, 1.807) is 36.4 Å². The Bertz CT molecular complexity index is 1010. The molecule has 4 rings (SSSR count). The number of rotatable bonds is 8. The number of nitrogens with one attached hydrogen (secondary N) is 2. The highest BCUT2D eigenvalue weighted by molar-refractivity contribution is 5.98. The summed E-state index contributed by atoms with van der Waals surface area (Å²) in [6.07, 6.45) is 3.23. The topological polar surface area (TPSA) is 77.6 Å². The fraction of sp³-hybridized carbons (Fsp3) is 0.375. The highest BCUT2D eigenvalue weighted by Gasteiger charge is 2.19. The van der Waals surface area contributed by atoms with E-state index < -0.39 is 0 Å². The largest absolute Gasteiger partial charge is 0.508 e. The number of hydrogen-bond acceptors (Lipinski definition) is 4. The predicted molar refractivity (Wildman–Crippen MR) is 118 cm³/mol. The fourth-order valence-electron chi connectivity index (χ4n) is 4.04. The number of aromatic nitrogens is 1. The van der Waals surface area contributed by atoms with Crippen molar-refractivity contribution in [3.8, 4) is 11.5 Å². The van der Waals surface area contributed by atoms with Crippen LogP contribution in [0.4, 0.5) is 4.39 Å². The number of ether oxygens (including phenoxy) is 1. The highest BCUT2D eigenvalue weighted by atomic mass is 19.1. The van der Waals surface area contributed by atoms with Crippen LogP contribution in [0.2, 0.25) is 0 Å². The zero-order valence-corrected chi connectivity index (χ0v) is 17.4. The van der Waals surface area contributed by atoms with Gasteiger partial charge in [0, 0.05) is 24.0 Å². The van der Waals surface area contributed by atoms with Gasteiger partial charge in [-0.15, -0.1) is 0 Å². The van der Waals surface area contributed by atoms with Crippen molar-refractivity contribution in [1.82, 2.24) is 15.2 Å². The van der Waals surface area contributed by atoms with Gasteiger partial charge in [-0.1, -0.05) is 0 Å². The van der Waals surface area contributed by atoms with Gasteiger partial charge in [0.1, 0.15) is 23.0 Å². The van der Waals surface area contributed by atoms with Crippen molar-refractivity contribution in [3.63, 3.8) is 0 Å². The van der Waals surface area contributed by atoms with Crippen LogP contribution in [0, 0.1) is 11.7 Å². The Kier molecular flexibility index (Phi) is 6.72. The summed E-state index contributed by atoms with van der Waals surface area (Å²) >= 11 is 0. The molecule has 3 N–H and O–H groups in total. The summed E-state index contributed by atoms with van der Waals surface area (Å²) in [6.45, 7) is 4.10.